The van der Waals surface area contributed by atoms with Crippen molar-refractivity contribution < 1.29 is 0 Å². The number of aromatic nitrogens is 2. The first-order chi connectivity index (χ1) is 9.59. The zero-order chi connectivity index (χ0) is 14.3. The normalized spacial score (nSPS) is 12.8. The molecule has 4 heteroatoms. The molecule has 0 spiro atoms. The average molecular weight is 267 g/mol. The molecule has 1 atom stereocenters. The van der Waals surface area contributed by atoms with Crippen molar-refractivity contribution in [2.45, 2.75) is 19.9 Å². The van der Waals surface area contributed by atoms with E-state index >= 15 is 0 Å². The number of nitrogens with zero attached hydrogens (tertiary/aromatic N) is 2. The third kappa shape index (κ3) is 1.85. The summed E-state index contributed by atoms with van der Waals surface area (Å²) in [5.74, 6) is 0. The van der Waals surface area contributed by atoms with Gasteiger partial charge in [-0.1, -0.05) is 18.2 Å². The lowest BCUT2D eigenvalue weighted by molar-refractivity contribution is 0.718. The third-order valence-electron chi connectivity index (χ3n) is 3.53. The molecule has 3 rings (SSSR count). The van der Waals surface area contributed by atoms with Crippen LogP contribution >= 0.6 is 0 Å². The van der Waals surface area contributed by atoms with Crippen LogP contribution in [-0.4, -0.2) is 8.97 Å². The van der Waals surface area contributed by atoms with Crippen molar-refractivity contribution in [1.29, 1.82) is 0 Å². The fourth-order valence-corrected chi connectivity index (χ4v) is 2.52. The summed E-state index contributed by atoms with van der Waals surface area (Å²) in [6.07, 6.45) is 3.83. The van der Waals surface area contributed by atoms with E-state index in [1.807, 2.05) is 67.0 Å². The van der Waals surface area contributed by atoms with Crippen LogP contribution in [0.5, 0.6) is 0 Å². The number of aryl methyl sites for hydroxylation is 1. The second-order valence-corrected chi connectivity index (χ2v) is 5.07. The van der Waals surface area contributed by atoms with Gasteiger partial charge in [-0.05, 0) is 37.6 Å². The van der Waals surface area contributed by atoms with E-state index in [2.05, 4.69) is 0 Å². The molecule has 0 amide bonds. The Balaban J connectivity index is 2.45. The van der Waals surface area contributed by atoms with Crippen molar-refractivity contribution >= 4 is 5.52 Å². The maximum absolute atomic E-state index is 12.8. The highest BCUT2D eigenvalue weighted by Gasteiger charge is 2.15. The van der Waals surface area contributed by atoms with Gasteiger partial charge in [0.15, 0.2) is 0 Å². The molecule has 0 aliphatic heterocycles. The van der Waals surface area contributed by atoms with Gasteiger partial charge in [-0.3, -0.25) is 9.36 Å². The van der Waals surface area contributed by atoms with E-state index in [0.29, 0.717) is 5.52 Å². The number of benzene rings is 1. The van der Waals surface area contributed by atoms with E-state index in [-0.39, 0.29) is 11.6 Å². The molecular formula is C16H17N3O. The first-order valence-electron chi connectivity index (χ1n) is 6.64. The van der Waals surface area contributed by atoms with E-state index in [9.17, 15) is 4.79 Å². The van der Waals surface area contributed by atoms with Gasteiger partial charge in [-0.25, -0.2) is 0 Å². The Bertz CT molecular complexity index is 813. The predicted molar refractivity (Wildman–Crippen MR) is 80.3 cm³/mol. The minimum atomic E-state index is -0.227. The van der Waals surface area contributed by atoms with Gasteiger partial charge in [0.1, 0.15) is 5.52 Å². The second-order valence-electron chi connectivity index (χ2n) is 5.07. The monoisotopic (exact) mass is 267 g/mol. The smallest absolute Gasteiger partial charge is 0.279 e. The zero-order valence-electron chi connectivity index (χ0n) is 11.6. The van der Waals surface area contributed by atoms with Crippen molar-refractivity contribution in [2.75, 3.05) is 0 Å². The van der Waals surface area contributed by atoms with Gasteiger partial charge in [-0.2, -0.15) is 0 Å². The van der Waals surface area contributed by atoms with Crippen molar-refractivity contribution in [1.82, 2.24) is 8.97 Å². The molecule has 2 heterocycles. The van der Waals surface area contributed by atoms with Crippen LogP contribution in [-0.2, 0) is 0 Å². The van der Waals surface area contributed by atoms with Gasteiger partial charge in [-0.15, -0.1) is 0 Å². The number of rotatable bonds is 2. The van der Waals surface area contributed by atoms with Crippen LogP contribution in [0.1, 0.15) is 24.2 Å². The molecule has 0 aliphatic rings. The highest BCUT2D eigenvalue weighted by atomic mass is 16.1. The fourth-order valence-electron chi connectivity index (χ4n) is 2.52. The quantitative estimate of drug-likeness (QED) is 0.775. The molecule has 0 radical (unpaired) electrons. The van der Waals surface area contributed by atoms with E-state index < -0.39 is 0 Å². The standard InChI is InChI=1S/C16H17N3O/c1-11-8-9-18-10-14(12(2)17)19(16(20)15(11)18)13-6-4-3-5-7-13/h3-10,12H,17H2,1-2H3. The molecule has 0 bridgehead atoms. The van der Waals surface area contributed by atoms with Gasteiger partial charge in [0.05, 0.1) is 5.69 Å². The van der Waals surface area contributed by atoms with Crippen molar-refractivity contribution in [2.24, 2.45) is 5.73 Å². The Morgan fingerprint density at radius 3 is 2.50 bits per heavy atom. The summed E-state index contributed by atoms with van der Waals surface area (Å²) >= 11 is 0. The molecule has 2 aromatic heterocycles. The molecule has 2 N–H and O–H groups in total. The van der Waals surface area contributed by atoms with Crippen LogP contribution in [0, 0.1) is 6.92 Å². The first-order valence-corrected chi connectivity index (χ1v) is 6.64. The van der Waals surface area contributed by atoms with Gasteiger partial charge in [0.25, 0.3) is 5.56 Å². The topological polar surface area (TPSA) is 52.4 Å². The largest absolute Gasteiger partial charge is 0.323 e. The van der Waals surface area contributed by atoms with Crippen LogP contribution in [0.2, 0.25) is 0 Å². The van der Waals surface area contributed by atoms with Crippen molar-refractivity contribution in [3.63, 3.8) is 0 Å². The third-order valence-corrected chi connectivity index (χ3v) is 3.53. The average Bonchev–Trinajstić information content (AvgIpc) is 2.81. The van der Waals surface area contributed by atoms with Gasteiger partial charge < -0.3 is 10.1 Å². The minimum Gasteiger partial charge on any atom is -0.323 e. The lowest BCUT2D eigenvalue weighted by Gasteiger charge is -2.16. The maximum atomic E-state index is 12.8. The summed E-state index contributed by atoms with van der Waals surface area (Å²) in [4.78, 5) is 12.8. The Labute approximate surface area is 117 Å². The first kappa shape index (κ1) is 12.7. The molecule has 20 heavy (non-hydrogen) atoms. The predicted octanol–water partition coefficient (Wildman–Crippen LogP) is 2.42. The summed E-state index contributed by atoms with van der Waals surface area (Å²) in [6.45, 7) is 3.83. The molecule has 0 aliphatic carbocycles. The van der Waals surface area contributed by atoms with E-state index in [1.54, 1.807) is 4.57 Å². The maximum Gasteiger partial charge on any atom is 0.279 e. The molecule has 0 fully saturated rings. The van der Waals surface area contributed by atoms with Crippen LogP contribution < -0.4 is 11.3 Å². The summed E-state index contributed by atoms with van der Waals surface area (Å²) in [6, 6.07) is 11.3. The summed E-state index contributed by atoms with van der Waals surface area (Å²) in [5.41, 5.74) is 9.31. The summed E-state index contributed by atoms with van der Waals surface area (Å²) in [7, 11) is 0. The van der Waals surface area contributed by atoms with Crippen LogP contribution in [0.3, 0.4) is 0 Å². The molecule has 1 aromatic carbocycles. The Hall–Kier alpha value is -2.33. The molecule has 102 valence electrons. The highest BCUT2D eigenvalue weighted by molar-refractivity contribution is 5.55. The number of hydrogen-bond donors (Lipinski definition) is 1. The second kappa shape index (κ2) is 4.65. The molecular weight excluding hydrogens is 250 g/mol. The van der Waals surface area contributed by atoms with Crippen molar-refractivity contribution in [3.8, 4) is 5.69 Å². The molecule has 1 unspecified atom stereocenters. The van der Waals surface area contributed by atoms with Gasteiger partial charge in [0, 0.05) is 24.1 Å². The van der Waals surface area contributed by atoms with Crippen LogP contribution in [0.15, 0.2) is 53.6 Å². The lowest BCUT2D eigenvalue weighted by Crippen LogP contribution is -2.27. The van der Waals surface area contributed by atoms with Crippen LogP contribution in [0.4, 0.5) is 0 Å². The number of para-hydroxylation sites is 1. The number of nitrogens with two attached hydrogens (primary N) is 1. The molecule has 3 aromatic rings. The number of fused-ring (bicyclic) bond motifs is 1. The minimum absolute atomic E-state index is 0.0338. The van der Waals surface area contributed by atoms with Gasteiger partial charge in [0.2, 0.25) is 0 Å². The fraction of sp³-hybridized carbons (Fsp3) is 0.188. The van der Waals surface area contributed by atoms with E-state index in [4.69, 9.17) is 5.73 Å². The SMILES string of the molecule is Cc1ccn2cc(C(C)N)n(-c3ccccc3)c(=O)c12. The molecule has 4 nitrogen and oxygen atoms in total. The highest BCUT2D eigenvalue weighted by Crippen LogP contribution is 2.17. The lowest BCUT2D eigenvalue weighted by atomic mass is 10.2. The van der Waals surface area contributed by atoms with E-state index in [1.165, 1.54) is 0 Å². The zero-order valence-corrected chi connectivity index (χ0v) is 11.6. The number of hydrogen-bond acceptors (Lipinski definition) is 2. The van der Waals surface area contributed by atoms with Crippen LogP contribution in [0.25, 0.3) is 11.2 Å². The summed E-state index contributed by atoms with van der Waals surface area (Å²) in [5, 5.41) is 0. The Morgan fingerprint density at radius 1 is 1.15 bits per heavy atom. The van der Waals surface area contributed by atoms with Crippen molar-refractivity contribution in [3.05, 3.63) is 70.4 Å². The Morgan fingerprint density at radius 2 is 1.85 bits per heavy atom. The van der Waals surface area contributed by atoms with E-state index in [0.717, 1.165) is 16.9 Å². The Kier molecular flexibility index (Phi) is 2.95. The molecule has 0 saturated carbocycles. The van der Waals surface area contributed by atoms with Gasteiger partial charge >= 0.3 is 0 Å². The summed E-state index contributed by atoms with van der Waals surface area (Å²) < 4.78 is 3.56. The molecule has 0 saturated heterocycles.